The minimum atomic E-state index is -3.61. The fraction of sp³-hybridized carbons (Fsp3) is 0.267. The first-order chi connectivity index (χ1) is 19.0. The van der Waals surface area contributed by atoms with Crippen molar-refractivity contribution in [2.24, 2.45) is 0 Å². The van der Waals surface area contributed by atoms with Gasteiger partial charge in [0.15, 0.2) is 0 Å². The van der Waals surface area contributed by atoms with Crippen molar-refractivity contribution in [1.82, 2.24) is 10.3 Å². The molecule has 2 aromatic heterocycles. The van der Waals surface area contributed by atoms with Crippen LogP contribution in [0.5, 0.6) is 0 Å². The zero-order valence-corrected chi connectivity index (χ0v) is 23.0. The van der Waals surface area contributed by atoms with E-state index < -0.39 is 25.4 Å². The number of carbonyl (C=O) groups excluding carboxylic acids is 1. The van der Waals surface area contributed by atoms with E-state index in [1.165, 1.54) is 21.3 Å². The van der Waals surface area contributed by atoms with Crippen LogP contribution in [0.4, 0.5) is 0 Å². The maximum absolute atomic E-state index is 13.6. The molecule has 0 saturated heterocycles. The first-order valence-electron chi connectivity index (χ1n) is 12.7. The number of carbonyl (C=O) groups is 1. The predicted molar refractivity (Wildman–Crippen MR) is 152 cm³/mol. The fourth-order valence-electron chi connectivity index (χ4n) is 5.04. The minimum absolute atomic E-state index is 0.291. The molecule has 1 N–H and O–H groups in total. The molecular formula is C30H31N2O6P. The molecule has 8 nitrogen and oxygen atoms in total. The molecule has 0 bridgehead atoms. The second-order valence-electron chi connectivity index (χ2n) is 9.33. The van der Waals surface area contributed by atoms with Crippen LogP contribution in [0.1, 0.15) is 17.5 Å². The predicted octanol–water partition coefficient (Wildman–Crippen LogP) is 6.25. The number of ether oxygens (including phenoxy) is 1. The summed E-state index contributed by atoms with van der Waals surface area (Å²) in [5.41, 5.74) is 4.29. The van der Waals surface area contributed by atoms with Gasteiger partial charge in [0.25, 0.3) is 0 Å². The lowest BCUT2D eigenvalue weighted by molar-refractivity contribution is -0.143. The van der Waals surface area contributed by atoms with Gasteiger partial charge in [-0.2, -0.15) is 0 Å². The molecule has 0 spiro atoms. The largest absolute Gasteiger partial charge is 0.468 e. The van der Waals surface area contributed by atoms with E-state index in [2.05, 4.69) is 10.3 Å². The number of benzene rings is 3. The second kappa shape index (κ2) is 11.7. The molecule has 3 aromatic carbocycles. The summed E-state index contributed by atoms with van der Waals surface area (Å²) in [6.07, 6.45) is 2.97. The lowest BCUT2D eigenvalue weighted by atomic mass is 10.0. The molecule has 0 radical (unpaired) electrons. The van der Waals surface area contributed by atoms with Crippen LogP contribution in [0.25, 0.3) is 32.8 Å². The smallest absolute Gasteiger partial charge is 0.346 e. The van der Waals surface area contributed by atoms with Gasteiger partial charge in [-0.25, -0.2) is 0 Å². The Morgan fingerprint density at radius 3 is 2.51 bits per heavy atom. The molecular weight excluding hydrogens is 515 g/mol. The van der Waals surface area contributed by atoms with Crippen molar-refractivity contribution in [2.75, 3.05) is 21.3 Å². The lowest BCUT2D eigenvalue weighted by Gasteiger charge is -2.29. The van der Waals surface area contributed by atoms with Crippen molar-refractivity contribution in [3.05, 3.63) is 90.1 Å². The summed E-state index contributed by atoms with van der Waals surface area (Å²) in [5, 5.41) is 6.31. The highest BCUT2D eigenvalue weighted by Gasteiger charge is 2.37. The monoisotopic (exact) mass is 546 g/mol. The molecule has 5 rings (SSSR count). The van der Waals surface area contributed by atoms with Gasteiger partial charge in [-0.1, -0.05) is 54.6 Å². The summed E-state index contributed by atoms with van der Waals surface area (Å²) in [6, 6.07) is 22.8. The molecule has 0 fully saturated rings. The highest BCUT2D eigenvalue weighted by atomic mass is 31.2. The Balaban J connectivity index is 1.42. The van der Waals surface area contributed by atoms with Crippen molar-refractivity contribution in [3.63, 3.8) is 0 Å². The molecule has 0 aliphatic carbocycles. The van der Waals surface area contributed by atoms with E-state index in [4.69, 9.17) is 18.2 Å². The zero-order valence-electron chi connectivity index (χ0n) is 22.1. The molecule has 202 valence electrons. The molecule has 2 heterocycles. The lowest BCUT2D eigenvalue weighted by Crippen LogP contribution is -2.45. The number of pyridine rings is 1. The van der Waals surface area contributed by atoms with Gasteiger partial charge in [0.1, 0.15) is 23.0 Å². The number of rotatable bonds is 11. The number of furan rings is 1. The Kier molecular flexibility index (Phi) is 8.10. The second-order valence-corrected chi connectivity index (χ2v) is 11.8. The van der Waals surface area contributed by atoms with Crippen molar-refractivity contribution < 1.29 is 27.6 Å². The molecule has 0 aliphatic rings. The third kappa shape index (κ3) is 5.60. The molecule has 5 aromatic rings. The molecule has 9 heteroatoms. The van der Waals surface area contributed by atoms with Gasteiger partial charge in [0, 0.05) is 36.6 Å². The van der Waals surface area contributed by atoms with Crippen LogP contribution in [0.2, 0.25) is 0 Å². The van der Waals surface area contributed by atoms with Crippen LogP contribution < -0.4 is 5.32 Å². The first-order valence-corrected chi connectivity index (χ1v) is 14.3. The zero-order chi connectivity index (χ0) is 27.4. The van der Waals surface area contributed by atoms with Crippen LogP contribution in [0, 0.1) is 0 Å². The van der Waals surface area contributed by atoms with Gasteiger partial charge < -0.3 is 18.2 Å². The van der Waals surface area contributed by atoms with Gasteiger partial charge in [0.05, 0.1) is 12.6 Å². The number of aromatic nitrogens is 1. The van der Waals surface area contributed by atoms with Crippen molar-refractivity contribution in [2.45, 2.75) is 31.1 Å². The van der Waals surface area contributed by atoms with Gasteiger partial charge in [-0.15, -0.1) is 0 Å². The molecule has 0 unspecified atom stereocenters. The van der Waals surface area contributed by atoms with Crippen molar-refractivity contribution in [1.29, 1.82) is 0 Å². The van der Waals surface area contributed by atoms with Gasteiger partial charge >= 0.3 is 13.6 Å². The third-order valence-electron chi connectivity index (χ3n) is 7.06. The summed E-state index contributed by atoms with van der Waals surface area (Å²) >= 11 is 0. The molecule has 0 aliphatic heterocycles. The number of nitrogens with one attached hydrogen (secondary N) is 1. The van der Waals surface area contributed by atoms with Crippen LogP contribution >= 0.6 is 7.60 Å². The maximum atomic E-state index is 13.6. The van der Waals surface area contributed by atoms with Gasteiger partial charge in [0.2, 0.25) is 0 Å². The number of nitrogens with zero attached hydrogens (tertiary/aromatic N) is 1. The number of para-hydroxylation sites is 2. The highest BCUT2D eigenvalue weighted by molar-refractivity contribution is 7.54. The normalized spacial score (nSPS) is 13.6. The number of hydrogen-bond acceptors (Lipinski definition) is 8. The molecule has 0 saturated carbocycles. The van der Waals surface area contributed by atoms with Crippen LogP contribution in [-0.2, 0) is 36.0 Å². The Morgan fingerprint density at radius 1 is 0.949 bits per heavy atom. The summed E-state index contributed by atoms with van der Waals surface area (Å²) in [6.45, 7) is 0. The van der Waals surface area contributed by atoms with Gasteiger partial charge in [-0.05, 0) is 48.6 Å². The topological polar surface area (TPSA) is 99.9 Å². The Morgan fingerprint density at radius 2 is 1.72 bits per heavy atom. The number of hydrogen-bond donors (Lipinski definition) is 1. The van der Waals surface area contributed by atoms with Crippen molar-refractivity contribution in [3.8, 4) is 0 Å². The Labute approximate surface area is 226 Å². The SMILES string of the molecule is COC(=O)[C@H](Cc1ccc2c(c1)oc1ccccc12)N[C@@H](CCc1cccc2cccnc12)P(=O)(OC)OC. The molecule has 0 amide bonds. The number of esters is 1. The average molecular weight is 547 g/mol. The van der Waals surface area contributed by atoms with E-state index in [1.54, 1.807) is 6.20 Å². The summed E-state index contributed by atoms with van der Waals surface area (Å²) in [7, 11) is 0.418. The molecule has 2 atom stereocenters. The summed E-state index contributed by atoms with van der Waals surface area (Å²) in [4.78, 5) is 17.4. The Hall–Kier alpha value is -3.55. The van der Waals surface area contributed by atoms with Crippen LogP contribution in [0.15, 0.2) is 83.4 Å². The maximum Gasteiger partial charge on any atom is 0.346 e. The van der Waals surface area contributed by atoms with E-state index in [0.29, 0.717) is 19.3 Å². The van der Waals surface area contributed by atoms with E-state index in [1.807, 2.05) is 72.8 Å². The van der Waals surface area contributed by atoms with Gasteiger partial charge in [-0.3, -0.25) is 19.7 Å². The number of methoxy groups -OCH3 is 1. The minimum Gasteiger partial charge on any atom is -0.468 e. The third-order valence-corrected chi connectivity index (χ3v) is 9.24. The summed E-state index contributed by atoms with van der Waals surface area (Å²) in [5.74, 6) is -1.25. The fourth-order valence-corrected chi connectivity index (χ4v) is 6.51. The average Bonchev–Trinajstić information content (AvgIpc) is 3.35. The van der Waals surface area contributed by atoms with Crippen LogP contribution in [-0.4, -0.2) is 44.1 Å². The van der Waals surface area contributed by atoms with Crippen molar-refractivity contribution >= 4 is 46.4 Å². The number of fused-ring (bicyclic) bond motifs is 4. The van der Waals surface area contributed by atoms with E-state index in [0.717, 1.165) is 44.0 Å². The van der Waals surface area contributed by atoms with E-state index in [9.17, 15) is 9.36 Å². The van der Waals surface area contributed by atoms with Crippen LogP contribution in [0.3, 0.4) is 0 Å². The molecule has 39 heavy (non-hydrogen) atoms. The number of aryl methyl sites for hydroxylation is 1. The first kappa shape index (κ1) is 27.0. The summed E-state index contributed by atoms with van der Waals surface area (Å²) < 4.78 is 35.5. The van der Waals surface area contributed by atoms with E-state index in [-0.39, 0.29) is 0 Å². The quantitative estimate of drug-likeness (QED) is 0.153. The Bertz CT molecular complexity index is 1650. The van der Waals surface area contributed by atoms with E-state index >= 15 is 0 Å². The standard InChI is InChI=1S/C30H31N2O6P/c1-35-30(33)25(18-20-13-15-24-23-11-4-5-12-26(23)38-27(24)19-20)32-28(39(34,36-2)37-3)16-14-22-9-6-8-21-10-7-17-31-29(21)22/h4-13,15,17,19,25,28,32H,14,16,18H2,1-3H3/t25-,28+/m0/s1. The highest BCUT2D eigenvalue weighted by Crippen LogP contribution is 2.52.